The summed E-state index contributed by atoms with van der Waals surface area (Å²) in [6.07, 6.45) is 3.71. The topological polar surface area (TPSA) is 80.1 Å². The summed E-state index contributed by atoms with van der Waals surface area (Å²) in [5.41, 5.74) is 5.13. The lowest BCUT2D eigenvalue weighted by Crippen LogP contribution is -2.43. The van der Waals surface area contributed by atoms with Crippen molar-refractivity contribution in [2.75, 3.05) is 35.8 Å². The highest BCUT2D eigenvalue weighted by Gasteiger charge is 2.16. The SMILES string of the molecule is Cc1cccc(C)c1-c1cc(Oc2ccc(N3CCNCC3)c(Cl)c2)nc(NSc2cnn(C)c2)n1. The van der Waals surface area contributed by atoms with Crippen LogP contribution in [0, 0.1) is 13.8 Å². The molecule has 1 aliphatic heterocycles. The largest absolute Gasteiger partial charge is 0.439 e. The maximum absolute atomic E-state index is 6.65. The first-order valence-corrected chi connectivity index (χ1v) is 13.0. The fourth-order valence-electron chi connectivity index (χ4n) is 4.26. The number of nitrogens with zero attached hydrogens (tertiary/aromatic N) is 5. The van der Waals surface area contributed by atoms with Gasteiger partial charge in [-0.3, -0.25) is 9.40 Å². The molecule has 2 aromatic heterocycles. The normalized spacial score (nSPS) is 13.6. The highest BCUT2D eigenvalue weighted by atomic mass is 35.5. The maximum Gasteiger partial charge on any atom is 0.237 e. The molecule has 0 saturated carbocycles. The van der Waals surface area contributed by atoms with Crippen molar-refractivity contribution in [3.05, 3.63) is 71.0 Å². The Labute approximate surface area is 220 Å². The number of anilines is 2. The van der Waals surface area contributed by atoms with Crippen LogP contribution in [0.2, 0.25) is 5.02 Å². The number of aryl methyl sites for hydroxylation is 3. The minimum absolute atomic E-state index is 0.433. The molecule has 4 aromatic rings. The fourth-order valence-corrected chi connectivity index (χ4v) is 5.16. The van der Waals surface area contributed by atoms with Crippen molar-refractivity contribution < 1.29 is 4.74 Å². The number of halogens is 1. The van der Waals surface area contributed by atoms with E-state index in [9.17, 15) is 0 Å². The van der Waals surface area contributed by atoms with Crippen molar-refractivity contribution in [2.24, 2.45) is 7.05 Å². The van der Waals surface area contributed by atoms with Crippen LogP contribution in [0.5, 0.6) is 11.6 Å². The quantitative estimate of drug-likeness (QED) is 0.310. The third-order valence-electron chi connectivity index (χ3n) is 5.98. The molecule has 36 heavy (non-hydrogen) atoms. The molecule has 3 heterocycles. The molecular formula is C26H28ClN7OS. The van der Waals surface area contributed by atoms with Gasteiger partial charge >= 0.3 is 0 Å². The van der Waals surface area contributed by atoms with Crippen LogP contribution in [-0.4, -0.2) is 45.9 Å². The van der Waals surface area contributed by atoms with Crippen LogP contribution in [0.25, 0.3) is 11.3 Å². The highest BCUT2D eigenvalue weighted by Crippen LogP contribution is 2.34. The first kappa shape index (κ1) is 24.4. The van der Waals surface area contributed by atoms with E-state index >= 15 is 0 Å². The Morgan fingerprint density at radius 2 is 1.83 bits per heavy atom. The lowest BCUT2D eigenvalue weighted by atomic mass is 10.00. The van der Waals surface area contributed by atoms with Crippen molar-refractivity contribution in [3.63, 3.8) is 0 Å². The Balaban J connectivity index is 1.45. The first-order chi connectivity index (χ1) is 17.5. The lowest BCUT2D eigenvalue weighted by molar-refractivity contribution is 0.463. The van der Waals surface area contributed by atoms with Gasteiger partial charge in [0.1, 0.15) is 5.75 Å². The van der Waals surface area contributed by atoms with Gasteiger partial charge in [-0.15, -0.1) is 0 Å². The molecule has 8 nitrogen and oxygen atoms in total. The molecule has 0 bridgehead atoms. The highest BCUT2D eigenvalue weighted by molar-refractivity contribution is 8.00. The van der Waals surface area contributed by atoms with E-state index in [1.54, 1.807) is 10.9 Å². The standard InChI is InChI=1S/C26H28ClN7OS/c1-17-5-4-6-18(2)25(17)22-14-24(31-26(30-22)32-36-20-15-29-33(3)16-20)35-19-7-8-23(21(27)13-19)34-11-9-28-10-12-34/h4-8,13-16,28H,9-12H2,1-3H3,(H,30,31,32). The van der Waals surface area contributed by atoms with E-state index in [-0.39, 0.29) is 0 Å². The van der Waals surface area contributed by atoms with E-state index in [1.165, 1.54) is 11.9 Å². The van der Waals surface area contributed by atoms with Gasteiger partial charge in [-0.1, -0.05) is 29.8 Å². The van der Waals surface area contributed by atoms with Gasteiger partial charge in [0.05, 0.1) is 27.5 Å². The summed E-state index contributed by atoms with van der Waals surface area (Å²) in [4.78, 5) is 12.7. The van der Waals surface area contributed by atoms with Crippen LogP contribution < -0.4 is 19.7 Å². The van der Waals surface area contributed by atoms with Gasteiger partial charge in [-0.25, -0.2) is 4.98 Å². The summed E-state index contributed by atoms with van der Waals surface area (Å²) in [7, 11) is 1.88. The molecule has 5 rings (SSSR count). The predicted molar refractivity (Wildman–Crippen MR) is 146 cm³/mol. The van der Waals surface area contributed by atoms with E-state index in [1.807, 2.05) is 43.6 Å². The summed E-state index contributed by atoms with van der Waals surface area (Å²) in [5, 5.41) is 8.23. The molecule has 0 unspecified atom stereocenters. The first-order valence-electron chi connectivity index (χ1n) is 11.8. The van der Waals surface area contributed by atoms with Gasteiger partial charge in [0, 0.05) is 57.1 Å². The molecule has 1 saturated heterocycles. The molecule has 1 fully saturated rings. The van der Waals surface area contributed by atoms with Crippen LogP contribution in [0.3, 0.4) is 0 Å². The van der Waals surface area contributed by atoms with Crippen molar-refractivity contribution in [1.82, 2.24) is 25.1 Å². The summed E-state index contributed by atoms with van der Waals surface area (Å²) >= 11 is 8.05. The number of benzene rings is 2. The van der Waals surface area contributed by atoms with Crippen molar-refractivity contribution in [1.29, 1.82) is 0 Å². The Hall–Kier alpha value is -3.27. The van der Waals surface area contributed by atoms with Crippen molar-refractivity contribution >= 4 is 35.2 Å². The fraction of sp³-hybridized carbons (Fsp3) is 0.269. The van der Waals surface area contributed by atoms with E-state index in [4.69, 9.17) is 21.3 Å². The van der Waals surface area contributed by atoms with E-state index in [0.29, 0.717) is 22.6 Å². The second-order valence-electron chi connectivity index (χ2n) is 8.69. The second kappa shape index (κ2) is 10.8. The number of nitrogens with one attached hydrogen (secondary N) is 2. The van der Waals surface area contributed by atoms with Crippen molar-refractivity contribution in [2.45, 2.75) is 18.7 Å². The van der Waals surface area contributed by atoms with Gasteiger partial charge in [-0.2, -0.15) is 10.1 Å². The number of piperazine rings is 1. The molecule has 0 radical (unpaired) electrons. The zero-order valence-corrected chi connectivity index (χ0v) is 22.0. The Bertz CT molecular complexity index is 1350. The Morgan fingerprint density at radius 1 is 1.06 bits per heavy atom. The smallest absolute Gasteiger partial charge is 0.237 e. The van der Waals surface area contributed by atoms with Crippen LogP contribution >= 0.6 is 23.5 Å². The molecular weight excluding hydrogens is 494 g/mol. The van der Waals surface area contributed by atoms with Gasteiger partial charge < -0.3 is 15.0 Å². The average Bonchev–Trinajstić information content (AvgIpc) is 3.28. The predicted octanol–water partition coefficient (Wildman–Crippen LogP) is 5.47. The average molecular weight is 522 g/mol. The van der Waals surface area contributed by atoms with Gasteiger partial charge in [0.25, 0.3) is 0 Å². The lowest BCUT2D eigenvalue weighted by Gasteiger charge is -2.30. The van der Waals surface area contributed by atoms with E-state index in [2.05, 4.69) is 51.0 Å². The van der Waals surface area contributed by atoms with Gasteiger partial charge in [0.15, 0.2) is 0 Å². The molecule has 186 valence electrons. The Kier molecular flexibility index (Phi) is 7.31. The van der Waals surface area contributed by atoms with Crippen molar-refractivity contribution in [3.8, 4) is 22.9 Å². The molecule has 0 aliphatic carbocycles. The molecule has 1 aliphatic rings. The summed E-state index contributed by atoms with van der Waals surface area (Å²) < 4.78 is 11.2. The summed E-state index contributed by atoms with van der Waals surface area (Å²) in [5.74, 6) is 1.50. The Morgan fingerprint density at radius 3 is 2.53 bits per heavy atom. The molecule has 0 amide bonds. The van der Waals surface area contributed by atoms with E-state index in [0.717, 1.165) is 59.1 Å². The monoisotopic (exact) mass is 521 g/mol. The second-order valence-corrected chi connectivity index (χ2v) is 9.97. The number of hydrogen-bond acceptors (Lipinski definition) is 8. The molecule has 10 heteroatoms. The van der Waals surface area contributed by atoms with Gasteiger partial charge in [0.2, 0.25) is 11.8 Å². The molecule has 0 atom stereocenters. The van der Waals surface area contributed by atoms with Crippen LogP contribution in [0.1, 0.15) is 11.1 Å². The number of rotatable bonds is 7. The zero-order chi connectivity index (χ0) is 25.1. The van der Waals surface area contributed by atoms with Crippen LogP contribution in [0.4, 0.5) is 11.6 Å². The number of aromatic nitrogens is 4. The zero-order valence-electron chi connectivity index (χ0n) is 20.5. The summed E-state index contributed by atoms with van der Waals surface area (Å²) in [6, 6.07) is 13.9. The van der Waals surface area contributed by atoms with Crippen LogP contribution in [0.15, 0.2) is 59.8 Å². The molecule has 2 N–H and O–H groups in total. The third-order valence-corrected chi connectivity index (χ3v) is 7.01. The maximum atomic E-state index is 6.65. The molecule has 0 spiro atoms. The van der Waals surface area contributed by atoms with Crippen LogP contribution in [-0.2, 0) is 7.05 Å². The molecule has 2 aromatic carbocycles. The minimum atomic E-state index is 0.433. The third kappa shape index (κ3) is 5.59. The summed E-state index contributed by atoms with van der Waals surface area (Å²) in [6.45, 7) is 7.91. The number of hydrogen-bond donors (Lipinski definition) is 2. The van der Waals surface area contributed by atoms with E-state index < -0.39 is 0 Å². The number of ether oxygens (including phenoxy) is 1. The minimum Gasteiger partial charge on any atom is -0.439 e. The van der Waals surface area contributed by atoms with Gasteiger partial charge in [-0.05, 0) is 49.1 Å².